The van der Waals surface area contributed by atoms with Crippen LogP contribution in [0.5, 0.6) is 0 Å². The number of nitrogens with zero attached hydrogens (tertiary/aromatic N) is 1. The average molecular weight is 568 g/mol. The fraction of sp³-hybridized carbons (Fsp3) is 0. The standard InChI is InChI=1S/C31H18FNO7S/c32-19-12-14-20(15-13-19)41(38,39)40-33-29-24-16-18-7-2-4-10-22(18)25(24)26(27(30(34)35)28(29)31(36)37)23-11-5-8-17-6-1-3-9-21(17)23/h1-16H,(H,34,35)(H,36,37). The Morgan fingerprint density at radius 3 is 2.10 bits per heavy atom. The fourth-order valence-corrected chi connectivity index (χ4v) is 5.87. The molecule has 202 valence electrons. The maximum Gasteiger partial charge on any atom is 0.358 e. The molecule has 0 amide bonds. The number of allylic oxidation sites excluding steroid dienone is 2. The summed E-state index contributed by atoms with van der Waals surface area (Å²) in [6.07, 6.45) is 1.62. The van der Waals surface area contributed by atoms with Crippen molar-refractivity contribution in [1.29, 1.82) is 0 Å². The molecule has 0 radical (unpaired) electrons. The Balaban J connectivity index is 1.66. The molecule has 4 aromatic carbocycles. The van der Waals surface area contributed by atoms with Crippen molar-refractivity contribution < 1.29 is 36.9 Å². The number of carbonyl (C=O) groups is 2. The lowest BCUT2D eigenvalue weighted by Gasteiger charge is -2.25. The molecule has 41 heavy (non-hydrogen) atoms. The molecule has 2 aliphatic rings. The van der Waals surface area contributed by atoms with Crippen LogP contribution in [0, 0.1) is 5.82 Å². The molecular formula is C31H18FNO7S. The summed E-state index contributed by atoms with van der Waals surface area (Å²) < 4.78 is 44.0. The zero-order chi connectivity index (χ0) is 28.9. The molecule has 0 saturated carbocycles. The second-order valence-corrected chi connectivity index (χ2v) is 10.7. The second kappa shape index (κ2) is 9.68. The third-order valence-electron chi connectivity index (χ3n) is 6.86. The lowest BCUT2D eigenvalue weighted by Crippen LogP contribution is -2.26. The Morgan fingerprint density at radius 2 is 1.37 bits per heavy atom. The van der Waals surface area contributed by atoms with E-state index in [1.165, 1.54) is 0 Å². The van der Waals surface area contributed by atoms with Crippen LogP contribution in [-0.4, -0.2) is 36.3 Å². The highest BCUT2D eigenvalue weighted by Crippen LogP contribution is 2.50. The number of hydrogen-bond donors (Lipinski definition) is 2. The van der Waals surface area contributed by atoms with Crippen molar-refractivity contribution >= 4 is 55.8 Å². The summed E-state index contributed by atoms with van der Waals surface area (Å²) >= 11 is 0. The van der Waals surface area contributed by atoms with E-state index in [4.69, 9.17) is 4.28 Å². The van der Waals surface area contributed by atoms with Gasteiger partial charge in [-0.2, -0.15) is 8.42 Å². The monoisotopic (exact) mass is 567 g/mol. The molecule has 0 aliphatic heterocycles. The summed E-state index contributed by atoms with van der Waals surface area (Å²) in [5.41, 5.74) is 0.682. The number of fused-ring (bicyclic) bond motifs is 4. The molecule has 0 aromatic heterocycles. The third-order valence-corrected chi connectivity index (χ3v) is 7.98. The zero-order valence-electron chi connectivity index (χ0n) is 20.9. The summed E-state index contributed by atoms with van der Waals surface area (Å²) in [4.78, 5) is 25.2. The number of oxime groups is 1. The van der Waals surface area contributed by atoms with E-state index in [0.29, 0.717) is 27.6 Å². The molecule has 0 unspecified atom stereocenters. The lowest BCUT2D eigenvalue weighted by atomic mass is 9.77. The van der Waals surface area contributed by atoms with E-state index in [-0.39, 0.29) is 11.1 Å². The molecule has 2 N–H and O–H groups in total. The number of hydrogen-bond acceptors (Lipinski definition) is 6. The van der Waals surface area contributed by atoms with Crippen molar-refractivity contribution in [1.82, 2.24) is 0 Å². The van der Waals surface area contributed by atoms with E-state index in [2.05, 4.69) is 5.16 Å². The molecule has 0 fully saturated rings. The number of aliphatic carboxylic acids is 2. The van der Waals surface area contributed by atoms with Crippen molar-refractivity contribution in [3.8, 4) is 0 Å². The van der Waals surface area contributed by atoms with Gasteiger partial charge < -0.3 is 10.2 Å². The van der Waals surface area contributed by atoms with E-state index in [1.807, 2.05) is 24.3 Å². The van der Waals surface area contributed by atoms with Crippen LogP contribution in [-0.2, 0) is 24.0 Å². The normalized spacial score (nSPS) is 15.5. The smallest absolute Gasteiger partial charge is 0.358 e. The molecular weight excluding hydrogens is 549 g/mol. The van der Waals surface area contributed by atoms with Crippen molar-refractivity contribution in [2.24, 2.45) is 5.16 Å². The topological polar surface area (TPSA) is 130 Å². The Morgan fingerprint density at radius 1 is 0.732 bits per heavy atom. The largest absolute Gasteiger partial charge is 0.478 e. The predicted octanol–water partition coefficient (Wildman–Crippen LogP) is 5.53. The van der Waals surface area contributed by atoms with Crippen molar-refractivity contribution in [3.63, 3.8) is 0 Å². The average Bonchev–Trinajstić information content (AvgIpc) is 3.34. The molecule has 0 bridgehead atoms. The maximum atomic E-state index is 13.4. The minimum Gasteiger partial charge on any atom is -0.478 e. The summed E-state index contributed by atoms with van der Waals surface area (Å²) in [7, 11) is -4.61. The first-order chi connectivity index (χ1) is 19.7. The van der Waals surface area contributed by atoms with Gasteiger partial charge in [-0.25, -0.2) is 14.0 Å². The molecule has 0 saturated heterocycles. The molecule has 4 aromatic rings. The van der Waals surface area contributed by atoms with Crippen LogP contribution in [0.2, 0.25) is 0 Å². The van der Waals surface area contributed by atoms with Gasteiger partial charge >= 0.3 is 22.1 Å². The lowest BCUT2D eigenvalue weighted by molar-refractivity contribution is -0.135. The molecule has 0 spiro atoms. The van der Waals surface area contributed by atoms with Gasteiger partial charge in [0.05, 0.1) is 5.57 Å². The van der Waals surface area contributed by atoms with Gasteiger partial charge in [0.2, 0.25) is 0 Å². The summed E-state index contributed by atoms with van der Waals surface area (Å²) in [6, 6.07) is 23.4. The number of rotatable bonds is 6. The van der Waals surface area contributed by atoms with Crippen LogP contribution >= 0.6 is 0 Å². The highest BCUT2D eigenvalue weighted by molar-refractivity contribution is 7.86. The van der Waals surface area contributed by atoms with Gasteiger partial charge in [-0.15, -0.1) is 0 Å². The molecule has 10 heteroatoms. The Hall–Kier alpha value is -5.35. The number of benzene rings is 4. The van der Waals surface area contributed by atoms with Gasteiger partial charge in [-0.1, -0.05) is 71.9 Å². The van der Waals surface area contributed by atoms with Crippen LogP contribution in [0.3, 0.4) is 0 Å². The van der Waals surface area contributed by atoms with E-state index < -0.39 is 49.6 Å². The second-order valence-electron chi connectivity index (χ2n) is 9.20. The van der Waals surface area contributed by atoms with E-state index in [0.717, 1.165) is 29.7 Å². The summed E-state index contributed by atoms with van der Waals surface area (Å²) in [5, 5.41) is 26.0. The van der Waals surface area contributed by atoms with Crippen LogP contribution in [0.4, 0.5) is 4.39 Å². The number of carboxylic acid groups (broad SMARTS) is 2. The Kier molecular flexibility index (Phi) is 6.12. The van der Waals surface area contributed by atoms with Crippen molar-refractivity contribution in [3.05, 3.63) is 130 Å². The van der Waals surface area contributed by atoms with Gasteiger partial charge in [0.25, 0.3) is 0 Å². The number of halogens is 1. The van der Waals surface area contributed by atoms with Gasteiger partial charge in [0.15, 0.2) is 0 Å². The first-order valence-electron chi connectivity index (χ1n) is 12.2. The first-order valence-corrected chi connectivity index (χ1v) is 13.6. The van der Waals surface area contributed by atoms with Crippen LogP contribution < -0.4 is 0 Å². The van der Waals surface area contributed by atoms with Gasteiger partial charge in [0.1, 0.15) is 22.0 Å². The Bertz CT molecular complexity index is 2030. The van der Waals surface area contributed by atoms with E-state index in [9.17, 15) is 32.6 Å². The summed E-state index contributed by atoms with van der Waals surface area (Å²) in [5.74, 6) is -3.86. The molecule has 6 rings (SSSR count). The van der Waals surface area contributed by atoms with E-state index in [1.54, 1.807) is 48.5 Å². The van der Waals surface area contributed by atoms with Gasteiger partial charge in [-0.05, 0) is 57.8 Å². The quantitative estimate of drug-likeness (QED) is 0.293. The third kappa shape index (κ3) is 4.30. The van der Waals surface area contributed by atoms with Gasteiger partial charge in [0, 0.05) is 16.7 Å². The SMILES string of the molecule is O=C(O)C1=C(C(=O)O)C(c2cccc3ccccc23)=C2C(=Cc3ccccc32)C1=NOS(=O)(=O)c1ccc(F)cc1. The first kappa shape index (κ1) is 25.9. The molecule has 0 heterocycles. The van der Waals surface area contributed by atoms with Crippen LogP contribution in [0.15, 0.2) is 118 Å². The van der Waals surface area contributed by atoms with Crippen molar-refractivity contribution in [2.45, 2.75) is 4.90 Å². The van der Waals surface area contributed by atoms with Crippen molar-refractivity contribution in [2.75, 3.05) is 0 Å². The number of carboxylic acids is 2. The van der Waals surface area contributed by atoms with Crippen LogP contribution in [0.1, 0.15) is 16.7 Å². The summed E-state index contributed by atoms with van der Waals surface area (Å²) in [6.45, 7) is 0. The zero-order valence-corrected chi connectivity index (χ0v) is 21.7. The highest BCUT2D eigenvalue weighted by Gasteiger charge is 2.41. The molecule has 0 atom stereocenters. The minimum atomic E-state index is -4.61. The Labute approximate surface area is 232 Å². The minimum absolute atomic E-state index is 0.156. The predicted molar refractivity (Wildman–Crippen MR) is 150 cm³/mol. The highest BCUT2D eigenvalue weighted by atomic mass is 32.2. The van der Waals surface area contributed by atoms with Crippen LogP contribution in [0.25, 0.3) is 28.0 Å². The molecule has 2 aliphatic carbocycles. The molecule has 8 nitrogen and oxygen atoms in total. The van der Waals surface area contributed by atoms with Gasteiger partial charge in [-0.3, -0.25) is 4.28 Å². The maximum absolute atomic E-state index is 13.4. The van der Waals surface area contributed by atoms with E-state index >= 15 is 0 Å². The fourth-order valence-electron chi connectivity index (χ4n) is 5.14.